The molecule has 1 heterocycles. The van der Waals surface area contributed by atoms with Crippen molar-refractivity contribution in [2.45, 2.75) is 6.18 Å². The van der Waals surface area contributed by atoms with Crippen molar-refractivity contribution in [2.75, 3.05) is 0 Å². The fraction of sp³-hybridized carbons (Fsp3) is 0.0909. The number of hydrogen-bond donors (Lipinski definition) is 0. The first-order valence-corrected chi connectivity index (χ1v) is 7.94. The number of aromatic nitrogens is 2. The van der Waals surface area contributed by atoms with Crippen LogP contribution in [0.1, 0.15) is 0 Å². The first-order chi connectivity index (χ1) is 8.98. The van der Waals surface area contributed by atoms with E-state index in [1.807, 2.05) is 0 Å². The Morgan fingerprint density at radius 2 is 1.95 bits per heavy atom. The second-order valence-electron chi connectivity index (χ2n) is 3.30. The zero-order chi connectivity index (χ0) is 13.9. The molecule has 0 aliphatic heterocycles. The molecule has 0 unspecified atom stereocenters. The molecule has 0 fully saturated rings. The summed E-state index contributed by atoms with van der Waals surface area (Å²) in [5.41, 5.74) is 0. The average Bonchev–Trinajstić information content (AvgIpc) is 2.89. The third kappa shape index (κ3) is 3.46. The number of rotatable bonds is 3. The van der Waals surface area contributed by atoms with Crippen molar-refractivity contribution in [3.63, 3.8) is 0 Å². The van der Waals surface area contributed by atoms with E-state index in [2.05, 4.69) is 8.05 Å². The first-order valence-electron chi connectivity index (χ1n) is 5.01. The number of carbonyl (C=O) groups excluding carboxylic acids is 1. The van der Waals surface area contributed by atoms with Crippen molar-refractivity contribution in [3.8, 4) is 0 Å². The number of halogens is 4. The van der Waals surface area contributed by atoms with Crippen LogP contribution >= 0.6 is 20.5 Å². The predicted molar refractivity (Wildman–Crippen MR) is 68.9 cm³/mol. The van der Waals surface area contributed by atoms with E-state index in [9.17, 15) is 18.0 Å². The molecule has 2 rings (SSSR count). The fourth-order valence-electron chi connectivity index (χ4n) is 1.16. The Bertz CT molecular complexity index is 543. The molecule has 4 nitrogen and oxygen atoms in total. The molecule has 1 aromatic carbocycles. The summed E-state index contributed by atoms with van der Waals surface area (Å²) >= 11 is -2.98. The molecule has 0 N–H and O–H groups in total. The van der Waals surface area contributed by atoms with Crippen LogP contribution in [0.3, 0.4) is 0 Å². The topological polar surface area (TPSA) is 44.1 Å². The molecule has 0 aliphatic rings. The zero-order valence-electron chi connectivity index (χ0n) is 9.34. The summed E-state index contributed by atoms with van der Waals surface area (Å²) in [6.45, 7) is 0. The van der Waals surface area contributed by atoms with Crippen LogP contribution in [0.2, 0.25) is 0 Å². The van der Waals surface area contributed by atoms with Crippen molar-refractivity contribution in [1.82, 2.24) is 7.76 Å². The van der Waals surface area contributed by atoms with E-state index >= 15 is 0 Å². The molecule has 1 aromatic heterocycles. The minimum atomic E-state index is -4.99. The quantitative estimate of drug-likeness (QED) is 0.765. The Morgan fingerprint density at radius 3 is 2.47 bits per heavy atom. The first kappa shape index (κ1) is 13.8. The molecule has 0 saturated heterocycles. The molecule has 102 valence electrons. The Labute approximate surface area is 114 Å². The van der Waals surface area contributed by atoms with Crippen LogP contribution in [0.25, 0.3) is 0 Å². The van der Waals surface area contributed by atoms with E-state index in [1.165, 1.54) is 21.5 Å². The van der Waals surface area contributed by atoms with Crippen molar-refractivity contribution in [1.29, 1.82) is 0 Å². The third-order valence-electron chi connectivity index (χ3n) is 1.94. The van der Waals surface area contributed by atoms with Crippen LogP contribution in [0.15, 0.2) is 49.1 Å². The Hall–Kier alpha value is -1.58. The normalized spacial score (nSPS) is 12.1. The van der Waals surface area contributed by atoms with Crippen LogP contribution in [-0.2, 0) is 7.86 Å². The van der Waals surface area contributed by atoms with Gasteiger partial charge in [0.1, 0.15) is 0 Å². The van der Waals surface area contributed by atoms with Gasteiger partial charge in [-0.05, 0) is 0 Å². The van der Waals surface area contributed by atoms with Crippen molar-refractivity contribution >= 4 is 26.5 Å². The SMILES string of the molecule is O=C(OI(c1ccccc1)n1ccnc1)C(F)(F)F. The molecule has 0 aliphatic carbocycles. The number of imidazole rings is 1. The van der Waals surface area contributed by atoms with Gasteiger partial charge in [-0.25, -0.2) is 0 Å². The van der Waals surface area contributed by atoms with Crippen LogP contribution in [-0.4, -0.2) is 19.9 Å². The predicted octanol–water partition coefficient (Wildman–Crippen LogP) is 3.04. The molecule has 0 saturated carbocycles. The molecule has 8 heteroatoms. The summed E-state index contributed by atoms with van der Waals surface area (Å²) in [7, 11) is 0. The van der Waals surface area contributed by atoms with Gasteiger partial charge in [0.15, 0.2) is 0 Å². The number of benzene rings is 1. The summed E-state index contributed by atoms with van der Waals surface area (Å²) in [4.78, 5) is 14.8. The molecule has 0 bridgehead atoms. The molecule has 0 amide bonds. The molecule has 0 radical (unpaired) electrons. The molecule has 19 heavy (non-hydrogen) atoms. The zero-order valence-corrected chi connectivity index (χ0v) is 11.5. The number of nitrogens with zero attached hydrogens (tertiary/aromatic N) is 2. The van der Waals surface area contributed by atoms with E-state index in [4.69, 9.17) is 0 Å². The van der Waals surface area contributed by atoms with Crippen molar-refractivity contribution < 1.29 is 21.0 Å². The van der Waals surface area contributed by atoms with Crippen molar-refractivity contribution in [2.24, 2.45) is 0 Å². The van der Waals surface area contributed by atoms with E-state index < -0.39 is 32.7 Å². The van der Waals surface area contributed by atoms with Gasteiger partial charge in [0.25, 0.3) is 0 Å². The summed E-state index contributed by atoms with van der Waals surface area (Å²) in [5.74, 6) is -2.17. The number of alkyl halides is 3. The third-order valence-corrected chi connectivity index (χ3v) is 6.13. The Kier molecular flexibility index (Phi) is 4.08. The van der Waals surface area contributed by atoms with Gasteiger partial charge in [-0.3, -0.25) is 0 Å². The molecular formula is C11H8F3IN2O2. The number of hydrogen-bond acceptors (Lipinski definition) is 3. The van der Waals surface area contributed by atoms with E-state index in [1.54, 1.807) is 30.3 Å². The second kappa shape index (κ2) is 5.59. The van der Waals surface area contributed by atoms with E-state index in [-0.39, 0.29) is 0 Å². The second-order valence-corrected chi connectivity index (χ2v) is 7.41. The van der Waals surface area contributed by atoms with Crippen molar-refractivity contribution in [3.05, 3.63) is 52.6 Å². The Morgan fingerprint density at radius 1 is 1.26 bits per heavy atom. The van der Waals surface area contributed by atoms with E-state index in [0.29, 0.717) is 3.57 Å². The van der Waals surface area contributed by atoms with Gasteiger partial charge in [0.05, 0.1) is 0 Å². The van der Waals surface area contributed by atoms with Gasteiger partial charge in [-0.15, -0.1) is 0 Å². The maximum atomic E-state index is 12.3. The molecule has 0 spiro atoms. The fourth-order valence-corrected chi connectivity index (χ4v) is 4.75. The average molecular weight is 384 g/mol. The number of carbonyl (C=O) groups is 1. The monoisotopic (exact) mass is 384 g/mol. The van der Waals surface area contributed by atoms with Gasteiger partial charge in [-0.1, -0.05) is 0 Å². The maximum absolute atomic E-state index is 12.3. The molecule has 2 aromatic rings. The van der Waals surface area contributed by atoms with Crippen LogP contribution < -0.4 is 0 Å². The van der Waals surface area contributed by atoms with Gasteiger partial charge in [0.2, 0.25) is 0 Å². The van der Waals surface area contributed by atoms with Gasteiger partial charge < -0.3 is 0 Å². The summed E-state index contributed by atoms with van der Waals surface area (Å²) in [6, 6.07) is 8.36. The van der Waals surface area contributed by atoms with E-state index in [0.717, 1.165) is 0 Å². The van der Waals surface area contributed by atoms with Crippen LogP contribution in [0.4, 0.5) is 13.2 Å². The van der Waals surface area contributed by atoms with Crippen LogP contribution in [0.5, 0.6) is 0 Å². The minimum absolute atomic E-state index is 0.572. The van der Waals surface area contributed by atoms with Crippen LogP contribution in [0, 0.1) is 3.57 Å². The van der Waals surface area contributed by atoms with Gasteiger partial charge in [0, 0.05) is 0 Å². The van der Waals surface area contributed by atoms with Gasteiger partial charge in [-0.2, -0.15) is 0 Å². The standard InChI is InChI=1S/C11H8F3IN2O2/c12-11(13,14)10(18)19-15(17-7-6-16-8-17)9-4-2-1-3-5-9/h1-8H. The van der Waals surface area contributed by atoms with Gasteiger partial charge >= 0.3 is 114 Å². The summed E-state index contributed by atoms with van der Waals surface area (Å²) < 4.78 is 43.5. The summed E-state index contributed by atoms with van der Waals surface area (Å²) in [5, 5.41) is 0. The molecule has 0 atom stereocenters. The Balaban J connectivity index is 2.29. The molecular weight excluding hydrogens is 376 g/mol. The summed E-state index contributed by atoms with van der Waals surface area (Å²) in [6.07, 6.45) is -0.733.